The third-order valence-corrected chi connectivity index (χ3v) is 5.62. The van der Waals surface area contributed by atoms with E-state index in [4.69, 9.17) is 14.6 Å². The molecule has 1 aliphatic carbocycles. The number of carbonyl (C=O) groups is 1. The Labute approximate surface area is 159 Å². The molecule has 5 heteroatoms. The summed E-state index contributed by atoms with van der Waals surface area (Å²) in [5.74, 6) is 1.42. The van der Waals surface area contributed by atoms with Gasteiger partial charge in [0.1, 0.15) is 0 Å². The van der Waals surface area contributed by atoms with Crippen LogP contribution in [-0.4, -0.2) is 23.9 Å². The molecule has 0 unspecified atom stereocenters. The Bertz CT molecular complexity index is 818. The Morgan fingerprint density at radius 3 is 2.78 bits per heavy atom. The molecular weight excluding hydrogens is 342 g/mol. The summed E-state index contributed by atoms with van der Waals surface area (Å²) in [5.41, 5.74) is 3.30. The average Bonchev–Trinajstić information content (AvgIpc) is 3.30. The lowest BCUT2D eigenvalue weighted by Crippen LogP contribution is -2.29. The molecule has 27 heavy (non-hydrogen) atoms. The van der Waals surface area contributed by atoms with Crippen molar-refractivity contribution in [3.05, 3.63) is 59.2 Å². The zero-order chi connectivity index (χ0) is 18.8. The molecule has 2 N–H and O–H groups in total. The van der Waals surface area contributed by atoms with Gasteiger partial charge < -0.3 is 19.9 Å². The fourth-order valence-electron chi connectivity index (χ4n) is 4.26. The number of para-hydroxylation sites is 1. The van der Waals surface area contributed by atoms with E-state index in [0.717, 1.165) is 41.9 Å². The Balaban J connectivity index is 1.37. The number of aliphatic carboxylic acids is 1. The summed E-state index contributed by atoms with van der Waals surface area (Å²) in [6.07, 6.45) is 3.46. The van der Waals surface area contributed by atoms with E-state index >= 15 is 0 Å². The van der Waals surface area contributed by atoms with Crippen molar-refractivity contribution in [3.63, 3.8) is 0 Å². The minimum Gasteiger partial charge on any atom is -0.481 e. The summed E-state index contributed by atoms with van der Waals surface area (Å²) in [6, 6.07) is 14.8. The van der Waals surface area contributed by atoms with Crippen molar-refractivity contribution in [2.45, 2.75) is 50.6 Å². The van der Waals surface area contributed by atoms with Gasteiger partial charge in [0, 0.05) is 17.6 Å². The lowest BCUT2D eigenvalue weighted by molar-refractivity contribution is -0.136. The predicted molar refractivity (Wildman–Crippen MR) is 102 cm³/mol. The number of carboxylic acid groups (broad SMARTS) is 1. The van der Waals surface area contributed by atoms with Crippen molar-refractivity contribution < 1.29 is 19.4 Å². The summed E-state index contributed by atoms with van der Waals surface area (Å²) in [5, 5.41) is 12.6. The largest absolute Gasteiger partial charge is 0.481 e. The third kappa shape index (κ3) is 3.93. The highest BCUT2D eigenvalue weighted by Gasteiger charge is 2.28. The van der Waals surface area contributed by atoms with Gasteiger partial charge in [-0.25, -0.2) is 0 Å². The van der Waals surface area contributed by atoms with Crippen LogP contribution in [0.25, 0.3) is 0 Å². The first-order chi connectivity index (χ1) is 13.1. The molecule has 142 valence electrons. The van der Waals surface area contributed by atoms with Gasteiger partial charge in [0.05, 0.1) is 6.42 Å². The van der Waals surface area contributed by atoms with Crippen molar-refractivity contribution in [2.75, 3.05) is 6.79 Å². The monoisotopic (exact) mass is 367 g/mol. The van der Waals surface area contributed by atoms with Crippen molar-refractivity contribution in [1.29, 1.82) is 0 Å². The lowest BCUT2D eigenvalue weighted by Gasteiger charge is -2.21. The van der Waals surface area contributed by atoms with Crippen LogP contribution >= 0.6 is 0 Å². The first kappa shape index (κ1) is 17.9. The Hall–Kier alpha value is -2.53. The van der Waals surface area contributed by atoms with Crippen molar-refractivity contribution in [2.24, 2.45) is 0 Å². The molecule has 0 amide bonds. The number of benzene rings is 2. The van der Waals surface area contributed by atoms with Gasteiger partial charge in [-0.2, -0.15) is 0 Å². The lowest BCUT2D eigenvalue weighted by atomic mass is 9.95. The summed E-state index contributed by atoms with van der Waals surface area (Å²) in [7, 11) is 0. The smallest absolute Gasteiger partial charge is 0.307 e. The third-order valence-electron chi connectivity index (χ3n) is 5.62. The number of carboxylic acids is 1. The van der Waals surface area contributed by atoms with Crippen LogP contribution in [0.1, 0.15) is 54.8 Å². The maximum Gasteiger partial charge on any atom is 0.307 e. The molecule has 4 rings (SSSR count). The molecule has 1 aliphatic heterocycles. The maximum atomic E-state index is 10.8. The molecule has 0 bridgehead atoms. The molecule has 2 aromatic carbocycles. The van der Waals surface area contributed by atoms with E-state index in [1.807, 2.05) is 24.3 Å². The molecule has 1 fully saturated rings. The molecule has 2 aromatic rings. The van der Waals surface area contributed by atoms with Crippen molar-refractivity contribution in [3.8, 4) is 11.5 Å². The topological polar surface area (TPSA) is 67.8 Å². The van der Waals surface area contributed by atoms with Crippen LogP contribution in [-0.2, 0) is 11.2 Å². The van der Waals surface area contributed by atoms with Crippen LogP contribution in [0.4, 0.5) is 0 Å². The standard InChI is InChI=1S/C22H25NO4/c1-14(19-3-2-4-20-22(19)27-13-26-20)23-18-10-9-17(12-18)16-7-5-15(6-8-16)11-21(24)25/h2-8,14,17-18,23H,9-13H2,1H3,(H,24,25)/t14-,17-,18+/m1/s1. The van der Waals surface area contributed by atoms with E-state index in [2.05, 4.69) is 30.4 Å². The first-order valence-electron chi connectivity index (χ1n) is 9.55. The van der Waals surface area contributed by atoms with Gasteiger partial charge in [-0.3, -0.25) is 4.79 Å². The zero-order valence-corrected chi connectivity index (χ0v) is 15.5. The predicted octanol–water partition coefficient (Wildman–Crippen LogP) is 4.03. The van der Waals surface area contributed by atoms with Gasteiger partial charge in [-0.15, -0.1) is 0 Å². The summed E-state index contributed by atoms with van der Waals surface area (Å²) < 4.78 is 11.1. The van der Waals surface area contributed by atoms with Crippen LogP contribution in [0, 0.1) is 0 Å². The fraction of sp³-hybridized carbons (Fsp3) is 0.409. The molecule has 0 saturated heterocycles. The van der Waals surface area contributed by atoms with Crippen LogP contribution in [0.2, 0.25) is 0 Å². The summed E-state index contributed by atoms with van der Waals surface area (Å²) in [4.78, 5) is 10.8. The number of nitrogens with one attached hydrogen (secondary N) is 1. The van der Waals surface area contributed by atoms with Gasteiger partial charge in [0.2, 0.25) is 6.79 Å². The molecule has 0 aromatic heterocycles. The zero-order valence-electron chi connectivity index (χ0n) is 15.5. The number of fused-ring (bicyclic) bond motifs is 1. The second-order valence-corrected chi connectivity index (χ2v) is 7.49. The van der Waals surface area contributed by atoms with E-state index < -0.39 is 5.97 Å². The first-order valence-corrected chi connectivity index (χ1v) is 9.55. The Kier molecular flexibility index (Phi) is 5.03. The van der Waals surface area contributed by atoms with E-state index in [1.54, 1.807) is 0 Å². The Morgan fingerprint density at radius 2 is 2.00 bits per heavy atom. The molecular formula is C22H25NO4. The number of rotatable bonds is 6. The summed E-state index contributed by atoms with van der Waals surface area (Å²) in [6.45, 7) is 2.47. The highest BCUT2D eigenvalue weighted by Crippen LogP contribution is 2.40. The second kappa shape index (κ2) is 7.61. The van der Waals surface area contributed by atoms with E-state index in [1.165, 1.54) is 5.56 Å². The molecule has 0 radical (unpaired) electrons. The van der Waals surface area contributed by atoms with Crippen molar-refractivity contribution in [1.82, 2.24) is 5.32 Å². The van der Waals surface area contributed by atoms with Crippen LogP contribution in [0.3, 0.4) is 0 Å². The molecule has 5 nitrogen and oxygen atoms in total. The fourth-order valence-corrected chi connectivity index (χ4v) is 4.26. The highest BCUT2D eigenvalue weighted by molar-refractivity contribution is 5.70. The maximum absolute atomic E-state index is 10.8. The Morgan fingerprint density at radius 1 is 1.19 bits per heavy atom. The molecule has 2 aliphatic rings. The minimum absolute atomic E-state index is 0.0832. The summed E-state index contributed by atoms with van der Waals surface area (Å²) >= 11 is 0. The van der Waals surface area contributed by atoms with Gasteiger partial charge in [-0.05, 0) is 49.3 Å². The van der Waals surface area contributed by atoms with Gasteiger partial charge in [-0.1, -0.05) is 36.4 Å². The SMILES string of the molecule is C[C@@H](N[C@H]1CC[C@@H](c2ccc(CC(=O)O)cc2)C1)c1cccc2c1OCO2. The van der Waals surface area contributed by atoms with E-state index in [0.29, 0.717) is 18.8 Å². The number of hydrogen-bond donors (Lipinski definition) is 2. The van der Waals surface area contributed by atoms with Crippen LogP contribution < -0.4 is 14.8 Å². The molecule has 1 saturated carbocycles. The molecule has 3 atom stereocenters. The van der Waals surface area contributed by atoms with Gasteiger partial charge in [0.25, 0.3) is 0 Å². The molecule has 0 spiro atoms. The highest BCUT2D eigenvalue weighted by atomic mass is 16.7. The van der Waals surface area contributed by atoms with E-state index in [9.17, 15) is 4.79 Å². The van der Waals surface area contributed by atoms with Gasteiger partial charge in [0.15, 0.2) is 11.5 Å². The molecule has 1 heterocycles. The number of ether oxygens (including phenoxy) is 2. The quantitative estimate of drug-likeness (QED) is 0.807. The number of hydrogen-bond acceptors (Lipinski definition) is 4. The van der Waals surface area contributed by atoms with Crippen LogP contribution in [0.15, 0.2) is 42.5 Å². The van der Waals surface area contributed by atoms with Crippen molar-refractivity contribution >= 4 is 5.97 Å². The average molecular weight is 367 g/mol. The van der Waals surface area contributed by atoms with Crippen LogP contribution in [0.5, 0.6) is 11.5 Å². The second-order valence-electron chi connectivity index (χ2n) is 7.49. The minimum atomic E-state index is -0.788. The van der Waals surface area contributed by atoms with Gasteiger partial charge >= 0.3 is 5.97 Å². The normalized spacial score (nSPS) is 22.0. The van der Waals surface area contributed by atoms with E-state index in [-0.39, 0.29) is 12.5 Å².